The fourth-order valence-electron chi connectivity index (χ4n) is 2.90. The molecule has 28 heavy (non-hydrogen) atoms. The zero-order valence-electron chi connectivity index (χ0n) is 14.4. The number of halogens is 2. The molecular formula is C22H13BrClNO3. The van der Waals surface area contributed by atoms with Gasteiger partial charge in [0.1, 0.15) is 5.58 Å². The van der Waals surface area contributed by atoms with Crippen molar-refractivity contribution in [2.75, 3.05) is 5.32 Å². The largest absolute Gasteiger partial charge is 0.439 e. The molecule has 0 atom stereocenters. The summed E-state index contributed by atoms with van der Waals surface area (Å²) in [6.07, 6.45) is 0. The van der Waals surface area contributed by atoms with Gasteiger partial charge in [-0.05, 0) is 48.0 Å². The summed E-state index contributed by atoms with van der Waals surface area (Å²) in [5.74, 6) is -0.272. The Kier molecular flexibility index (Phi) is 5.03. The summed E-state index contributed by atoms with van der Waals surface area (Å²) in [7, 11) is 0. The number of anilines is 1. The Morgan fingerprint density at radius 1 is 0.964 bits per heavy atom. The summed E-state index contributed by atoms with van der Waals surface area (Å²) >= 11 is 9.44. The highest BCUT2D eigenvalue weighted by Gasteiger charge is 2.19. The van der Waals surface area contributed by atoms with Gasteiger partial charge in [0, 0.05) is 15.1 Å². The van der Waals surface area contributed by atoms with E-state index in [-0.39, 0.29) is 22.8 Å². The number of carbonyl (C=O) groups is 1. The van der Waals surface area contributed by atoms with Crippen LogP contribution in [0.15, 0.2) is 86.5 Å². The summed E-state index contributed by atoms with van der Waals surface area (Å²) in [5, 5.41) is 3.52. The van der Waals surface area contributed by atoms with Crippen molar-refractivity contribution in [3.8, 4) is 11.1 Å². The summed E-state index contributed by atoms with van der Waals surface area (Å²) in [5.41, 5.74) is 1.44. The first-order chi connectivity index (χ1) is 13.5. The predicted octanol–water partition coefficient (Wildman–Crippen LogP) is 6.13. The van der Waals surface area contributed by atoms with Crippen molar-refractivity contribution in [1.82, 2.24) is 0 Å². The molecular weight excluding hydrogens is 442 g/mol. The Morgan fingerprint density at radius 2 is 1.68 bits per heavy atom. The molecule has 0 aliphatic rings. The first kappa shape index (κ1) is 18.5. The van der Waals surface area contributed by atoms with E-state index in [1.807, 2.05) is 18.2 Å². The van der Waals surface area contributed by atoms with Gasteiger partial charge in [0.2, 0.25) is 11.3 Å². The molecule has 1 aromatic heterocycles. The van der Waals surface area contributed by atoms with Crippen LogP contribution in [0.3, 0.4) is 0 Å². The van der Waals surface area contributed by atoms with Crippen LogP contribution >= 0.6 is 27.5 Å². The standard InChI is InChI=1S/C22H13BrClNO3/c23-15-8-6-13(7-9-15)19-20(26)17-12-16(24)10-11-18(17)28-22(19)25-21(27)14-4-2-1-3-5-14/h1-12H,(H,25,27). The normalized spacial score (nSPS) is 10.8. The van der Waals surface area contributed by atoms with Crippen LogP contribution in [0.2, 0.25) is 5.02 Å². The zero-order valence-corrected chi connectivity index (χ0v) is 16.8. The molecule has 0 unspecified atom stereocenters. The van der Waals surface area contributed by atoms with E-state index in [2.05, 4.69) is 21.2 Å². The van der Waals surface area contributed by atoms with Gasteiger partial charge in [-0.2, -0.15) is 0 Å². The molecule has 1 heterocycles. The van der Waals surface area contributed by atoms with Crippen LogP contribution in [-0.4, -0.2) is 5.91 Å². The second kappa shape index (κ2) is 7.62. The quantitative estimate of drug-likeness (QED) is 0.405. The Bertz CT molecular complexity index is 1230. The number of hydrogen-bond donors (Lipinski definition) is 1. The molecule has 0 radical (unpaired) electrons. The molecule has 0 spiro atoms. The molecule has 0 saturated heterocycles. The van der Waals surface area contributed by atoms with E-state index >= 15 is 0 Å². The van der Waals surface area contributed by atoms with Crippen LogP contribution < -0.4 is 10.7 Å². The smallest absolute Gasteiger partial charge is 0.257 e. The van der Waals surface area contributed by atoms with Crippen molar-refractivity contribution in [3.63, 3.8) is 0 Å². The Labute approximate surface area is 173 Å². The highest BCUT2D eigenvalue weighted by molar-refractivity contribution is 9.10. The van der Waals surface area contributed by atoms with Crippen LogP contribution in [0.25, 0.3) is 22.1 Å². The number of hydrogen-bond acceptors (Lipinski definition) is 3. The van der Waals surface area contributed by atoms with Crippen LogP contribution in [-0.2, 0) is 0 Å². The summed E-state index contributed by atoms with van der Waals surface area (Å²) in [6.45, 7) is 0. The van der Waals surface area contributed by atoms with E-state index in [1.165, 1.54) is 0 Å². The minimum absolute atomic E-state index is 0.0935. The van der Waals surface area contributed by atoms with Crippen molar-refractivity contribution in [1.29, 1.82) is 0 Å². The first-order valence-electron chi connectivity index (χ1n) is 8.41. The Morgan fingerprint density at radius 3 is 2.39 bits per heavy atom. The highest BCUT2D eigenvalue weighted by Crippen LogP contribution is 2.30. The average Bonchev–Trinajstić information content (AvgIpc) is 2.70. The maximum absolute atomic E-state index is 13.2. The second-order valence-corrected chi connectivity index (χ2v) is 7.45. The molecule has 0 aliphatic heterocycles. The molecule has 4 nitrogen and oxygen atoms in total. The molecule has 4 rings (SSSR count). The van der Waals surface area contributed by atoms with Crippen molar-refractivity contribution < 1.29 is 9.21 Å². The molecule has 0 bridgehead atoms. The lowest BCUT2D eigenvalue weighted by atomic mass is 10.0. The van der Waals surface area contributed by atoms with Crippen molar-refractivity contribution in [3.05, 3.63) is 98.1 Å². The fourth-order valence-corrected chi connectivity index (χ4v) is 3.34. The van der Waals surface area contributed by atoms with Gasteiger partial charge in [-0.1, -0.05) is 57.9 Å². The van der Waals surface area contributed by atoms with E-state index < -0.39 is 0 Å². The SMILES string of the molecule is O=C(Nc1oc2ccc(Cl)cc2c(=O)c1-c1ccc(Br)cc1)c1ccccc1. The number of carbonyl (C=O) groups excluding carboxylic acids is 1. The third kappa shape index (κ3) is 3.59. The van der Waals surface area contributed by atoms with Crippen LogP contribution in [0.1, 0.15) is 10.4 Å². The molecule has 0 aliphatic carbocycles. The van der Waals surface area contributed by atoms with Crippen LogP contribution in [0.5, 0.6) is 0 Å². The lowest BCUT2D eigenvalue weighted by molar-refractivity contribution is 0.102. The molecule has 6 heteroatoms. The maximum atomic E-state index is 13.2. The maximum Gasteiger partial charge on any atom is 0.257 e. The van der Waals surface area contributed by atoms with Gasteiger partial charge >= 0.3 is 0 Å². The first-order valence-corrected chi connectivity index (χ1v) is 9.59. The zero-order chi connectivity index (χ0) is 19.7. The highest BCUT2D eigenvalue weighted by atomic mass is 79.9. The lowest BCUT2D eigenvalue weighted by Crippen LogP contribution is -2.16. The summed E-state index contributed by atoms with van der Waals surface area (Å²) in [6, 6.07) is 20.7. The van der Waals surface area contributed by atoms with E-state index in [4.69, 9.17) is 16.0 Å². The minimum atomic E-state index is -0.365. The van der Waals surface area contributed by atoms with Crippen molar-refractivity contribution in [2.45, 2.75) is 0 Å². The Balaban J connectivity index is 1.92. The van der Waals surface area contributed by atoms with Gasteiger partial charge in [-0.3, -0.25) is 14.9 Å². The van der Waals surface area contributed by atoms with Crippen LogP contribution in [0.4, 0.5) is 5.88 Å². The molecule has 0 fully saturated rings. The number of fused-ring (bicyclic) bond motifs is 1. The molecule has 3 aromatic carbocycles. The van der Waals surface area contributed by atoms with Gasteiger partial charge in [-0.25, -0.2) is 0 Å². The van der Waals surface area contributed by atoms with Gasteiger partial charge in [0.15, 0.2) is 0 Å². The van der Waals surface area contributed by atoms with Crippen LogP contribution in [0, 0.1) is 0 Å². The van der Waals surface area contributed by atoms with E-state index in [0.717, 1.165) is 4.47 Å². The number of amides is 1. The summed E-state index contributed by atoms with van der Waals surface area (Å²) in [4.78, 5) is 25.9. The molecule has 1 amide bonds. The van der Waals surface area contributed by atoms with E-state index in [1.54, 1.807) is 54.6 Å². The molecule has 1 N–H and O–H groups in total. The minimum Gasteiger partial charge on any atom is -0.439 e. The third-order valence-electron chi connectivity index (χ3n) is 4.25. The van der Waals surface area contributed by atoms with Crippen molar-refractivity contribution in [2.24, 2.45) is 0 Å². The third-order valence-corrected chi connectivity index (χ3v) is 5.01. The van der Waals surface area contributed by atoms with Gasteiger partial charge < -0.3 is 4.42 Å². The number of benzene rings is 3. The van der Waals surface area contributed by atoms with Gasteiger partial charge in [-0.15, -0.1) is 0 Å². The fraction of sp³-hybridized carbons (Fsp3) is 0. The summed E-state index contributed by atoms with van der Waals surface area (Å²) < 4.78 is 6.78. The molecule has 0 saturated carbocycles. The Hall–Kier alpha value is -2.89. The monoisotopic (exact) mass is 453 g/mol. The lowest BCUT2D eigenvalue weighted by Gasteiger charge is -2.12. The van der Waals surface area contributed by atoms with Gasteiger partial charge in [0.05, 0.1) is 10.9 Å². The average molecular weight is 455 g/mol. The van der Waals surface area contributed by atoms with E-state index in [9.17, 15) is 9.59 Å². The molecule has 4 aromatic rings. The van der Waals surface area contributed by atoms with E-state index in [0.29, 0.717) is 27.1 Å². The topological polar surface area (TPSA) is 59.3 Å². The second-order valence-electron chi connectivity index (χ2n) is 6.10. The van der Waals surface area contributed by atoms with Gasteiger partial charge in [0.25, 0.3) is 5.91 Å². The van der Waals surface area contributed by atoms with Crippen molar-refractivity contribution >= 4 is 50.3 Å². The predicted molar refractivity (Wildman–Crippen MR) is 115 cm³/mol. The number of nitrogens with one attached hydrogen (secondary N) is 1. The number of rotatable bonds is 3. The molecule has 138 valence electrons.